The number of aryl methyl sites for hydroxylation is 1. The van der Waals surface area contributed by atoms with Crippen molar-refractivity contribution >= 4 is 0 Å². The molecular formula is C22H31NO2. The molecule has 1 atom stereocenters. The van der Waals surface area contributed by atoms with E-state index in [0.717, 1.165) is 23.5 Å². The van der Waals surface area contributed by atoms with E-state index in [-0.39, 0.29) is 11.3 Å². The van der Waals surface area contributed by atoms with Crippen molar-refractivity contribution in [3.63, 3.8) is 0 Å². The fourth-order valence-electron chi connectivity index (χ4n) is 3.17. The molecule has 2 rings (SSSR count). The molecule has 0 amide bonds. The van der Waals surface area contributed by atoms with E-state index in [9.17, 15) is 0 Å². The zero-order valence-electron chi connectivity index (χ0n) is 16.3. The molecule has 1 unspecified atom stereocenters. The number of rotatable bonds is 6. The zero-order chi connectivity index (χ0) is 18.6. The first-order chi connectivity index (χ1) is 11.8. The van der Waals surface area contributed by atoms with Gasteiger partial charge in [0, 0.05) is 5.92 Å². The van der Waals surface area contributed by atoms with Gasteiger partial charge in [-0.15, -0.1) is 0 Å². The Bertz CT molecular complexity index is 716. The van der Waals surface area contributed by atoms with Crippen LogP contribution in [0.2, 0.25) is 0 Å². The lowest BCUT2D eigenvalue weighted by atomic mass is 9.81. The van der Waals surface area contributed by atoms with Crippen molar-refractivity contribution in [2.45, 2.75) is 45.4 Å². The van der Waals surface area contributed by atoms with Crippen LogP contribution < -0.4 is 15.2 Å². The minimum absolute atomic E-state index is 0.120. The first kappa shape index (κ1) is 19.3. The summed E-state index contributed by atoms with van der Waals surface area (Å²) >= 11 is 0. The van der Waals surface area contributed by atoms with Crippen LogP contribution >= 0.6 is 0 Å². The molecule has 0 radical (unpaired) electrons. The van der Waals surface area contributed by atoms with E-state index in [1.807, 2.05) is 18.2 Å². The third kappa shape index (κ3) is 4.55. The van der Waals surface area contributed by atoms with Crippen molar-refractivity contribution in [1.29, 1.82) is 0 Å². The molecular weight excluding hydrogens is 310 g/mol. The molecule has 0 heterocycles. The van der Waals surface area contributed by atoms with E-state index < -0.39 is 0 Å². The number of benzene rings is 2. The largest absolute Gasteiger partial charge is 0.497 e. The normalized spacial score (nSPS) is 12.8. The van der Waals surface area contributed by atoms with Crippen molar-refractivity contribution in [1.82, 2.24) is 0 Å². The van der Waals surface area contributed by atoms with Crippen LogP contribution in [-0.2, 0) is 11.8 Å². The predicted octanol–water partition coefficient (Wildman–Crippen LogP) is 4.59. The Labute approximate surface area is 152 Å². The maximum atomic E-state index is 6.17. The van der Waals surface area contributed by atoms with E-state index in [4.69, 9.17) is 15.2 Å². The van der Waals surface area contributed by atoms with Crippen LogP contribution in [-0.4, -0.2) is 20.8 Å². The molecule has 0 aliphatic heterocycles. The van der Waals surface area contributed by atoms with E-state index in [1.54, 1.807) is 14.2 Å². The molecule has 25 heavy (non-hydrogen) atoms. The highest BCUT2D eigenvalue weighted by atomic mass is 16.5. The van der Waals surface area contributed by atoms with Crippen LogP contribution in [0.3, 0.4) is 0 Å². The Balaban J connectivity index is 2.41. The Morgan fingerprint density at radius 3 is 2.28 bits per heavy atom. The average molecular weight is 341 g/mol. The van der Waals surface area contributed by atoms with Crippen molar-refractivity contribution in [2.24, 2.45) is 5.73 Å². The number of nitrogens with two attached hydrogens (primary N) is 1. The molecule has 0 bridgehead atoms. The third-order valence-electron chi connectivity index (χ3n) is 4.82. The monoisotopic (exact) mass is 341 g/mol. The second-order valence-corrected chi connectivity index (χ2v) is 7.64. The molecule has 2 aromatic carbocycles. The number of methoxy groups -OCH3 is 2. The van der Waals surface area contributed by atoms with Gasteiger partial charge in [-0.05, 0) is 65.8 Å². The Hall–Kier alpha value is -2.00. The first-order valence-electron chi connectivity index (χ1n) is 8.82. The molecule has 0 aliphatic rings. The van der Waals surface area contributed by atoms with E-state index >= 15 is 0 Å². The van der Waals surface area contributed by atoms with Crippen molar-refractivity contribution in [3.8, 4) is 11.5 Å². The molecule has 0 fully saturated rings. The summed E-state index contributed by atoms with van der Waals surface area (Å²) in [5.41, 5.74) is 11.4. The van der Waals surface area contributed by atoms with Crippen LogP contribution in [0.15, 0.2) is 36.4 Å². The van der Waals surface area contributed by atoms with Gasteiger partial charge in [-0.3, -0.25) is 0 Å². The average Bonchev–Trinajstić information content (AvgIpc) is 2.59. The summed E-state index contributed by atoms with van der Waals surface area (Å²) in [6.07, 6.45) is 0.825. The van der Waals surface area contributed by atoms with Crippen LogP contribution in [0.4, 0.5) is 0 Å². The Morgan fingerprint density at radius 1 is 1.00 bits per heavy atom. The standard InChI is InChI=1S/C22H31NO2/c1-15-7-8-18(22(2,3)4)13-20(15)17(14-23)11-16-12-19(24-5)9-10-21(16)25-6/h7-10,12-13,17H,11,14,23H2,1-6H3. The minimum atomic E-state index is 0.120. The molecule has 2 aromatic rings. The highest BCUT2D eigenvalue weighted by Crippen LogP contribution is 2.33. The Kier molecular flexibility index (Phi) is 6.12. The molecule has 3 heteroatoms. The van der Waals surface area contributed by atoms with Gasteiger partial charge < -0.3 is 15.2 Å². The lowest BCUT2D eigenvalue weighted by Gasteiger charge is -2.24. The van der Waals surface area contributed by atoms with Gasteiger partial charge in [-0.1, -0.05) is 39.0 Å². The van der Waals surface area contributed by atoms with Crippen LogP contribution in [0.25, 0.3) is 0 Å². The van der Waals surface area contributed by atoms with Crippen molar-refractivity contribution < 1.29 is 9.47 Å². The van der Waals surface area contributed by atoms with Gasteiger partial charge in [0.2, 0.25) is 0 Å². The van der Waals surface area contributed by atoms with Crippen LogP contribution in [0.5, 0.6) is 11.5 Å². The van der Waals surface area contributed by atoms with Gasteiger partial charge in [-0.25, -0.2) is 0 Å². The molecule has 136 valence electrons. The topological polar surface area (TPSA) is 44.5 Å². The molecule has 0 spiro atoms. The minimum Gasteiger partial charge on any atom is -0.497 e. The van der Waals surface area contributed by atoms with Gasteiger partial charge in [0.15, 0.2) is 0 Å². The molecule has 0 saturated carbocycles. The summed E-state index contributed by atoms with van der Waals surface area (Å²) in [4.78, 5) is 0. The van der Waals surface area contributed by atoms with Crippen molar-refractivity contribution in [3.05, 3.63) is 58.7 Å². The van der Waals surface area contributed by atoms with E-state index in [0.29, 0.717) is 6.54 Å². The molecule has 0 aromatic heterocycles. The molecule has 0 aliphatic carbocycles. The van der Waals surface area contributed by atoms with Gasteiger partial charge >= 0.3 is 0 Å². The van der Waals surface area contributed by atoms with E-state index in [1.165, 1.54) is 16.7 Å². The maximum Gasteiger partial charge on any atom is 0.122 e. The number of hydrogen-bond donors (Lipinski definition) is 1. The highest BCUT2D eigenvalue weighted by Gasteiger charge is 2.20. The summed E-state index contributed by atoms with van der Waals surface area (Å²) in [5.74, 6) is 1.96. The second-order valence-electron chi connectivity index (χ2n) is 7.64. The summed E-state index contributed by atoms with van der Waals surface area (Å²) in [6, 6.07) is 12.7. The fourth-order valence-corrected chi connectivity index (χ4v) is 3.17. The van der Waals surface area contributed by atoms with Gasteiger partial charge in [-0.2, -0.15) is 0 Å². The Morgan fingerprint density at radius 2 is 1.72 bits per heavy atom. The lowest BCUT2D eigenvalue weighted by Crippen LogP contribution is -2.18. The van der Waals surface area contributed by atoms with Gasteiger partial charge in [0.25, 0.3) is 0 Å². The molecule has 2 N–H and O–H groups in total. The molecule has 3 nitrogen and oxygen atoms in total. The van der Waals surface area contributed by atoms with Crippen LogP contribution in [0, 0.1) is 6.92 Å². The number of ether oxygens (including phenoxy) is 2. The summed E-state index contributed by atoms with van der Waals surface area (Å²) in [7, 11) is 3.39. The van der Waals surface area contributed by atoms with E-state index in [2.05, 4.69) is 45.9 Å². The lowest BCUT2D eigenvalue weighted by molar-refractivity contribution is 0.397. The van der Waals surface area contributed by atoms with Crippen LogP contribution in [0.1, 0.15) is 48.9 Å². The number of hydrogen-bond acceptors (Lipinski definition) is 3. The maximum absolute atomic E-state index is 6.17. The summed E-state index contributed by atoms with van der Waals surface area (Å²) in [6.45, 7) is 9.47. The fraction of sp³-hybridized carbons (Fsp3) is 0.455. The third-order valence-corrected chi connectivity index (χ3v) is 4.82. The SMILES string of the molecule is COc1ccc(OC)c(CC(CN)c2cc(C(C)(C)C)ccc2C)c1. The van der Waals surface area contributed by atoms with Crippen molar-refractivity contribution in [2.75, 3.05) is 20.8 Å². The van der Waals surface area contributed by atoms with Gasteiger partial charge in [0.05, 0.1) is 14.2 Å². The quantitative estimate of drug-likeness (QED) is 0.835. The smallest absolute Gasteiger partial charge is 0.122 e. The predicted molar refractivity (Wildman–Crippen MR) is 105 cm³/mol. The second kappa shape index (κ2) is 7.92. The molecule has 0 saturated heterocycles. The van der Waals surface area contributed by atoms with Gasteiger partial charge in [0.1, 0.15) is 11.5 Å². The highest BCUT2D eigenvalue weighted by molar-refractivity contribution is 5.43. The summed E-state index contributed by atoms with van der Waals surface area (Å²) < 4.78 is 10.9. The first-order valence-corrected chi connectivity index (χ1v) is 8.82. The zero-order valence-corrected chi connectivity index (χ0v) is 16.3. The summed E-state index contributed by atoms with van der Waals surface area (Å²) in [5, 5.41) is 0.